The van der Waals surface area contributed by atoms with Crippen molar-refractivity contribution in [1.82, 2.24) is 10.2 Å². The first kappa shape index (κ1) is 19.5. The van der Waals surface area contributed by atoms with Crippen LogP contribution in [0.4, 0.5) is 4.79 Å². The normalized spacial score (nSPS) is 12.7. The lowest BCUT2D eigenvalue weighted by atomic mass is 10.1. The Bertz CT molecular complexity index is 454. The van der Waals surface area contributed by atoms with Crippen LogP contribution in [-0.4, -0.2) is 43.3 Å². The van der Waals surface area contributed by atoms with E-state index < -0.39 is 5.60 Å². The summed E-state index contributed by atoms with van der Waals surface area (Å²) in [5.74, 6) is 0.393. The van der Waals surface area contributed by atoms with E-state index in [1.165, 1.54) is 5.56 Å². The van der Waals surface area contributed by atoms with E-state index in [0.29, 0.717) is 12.5 Å². The zero-order valence-corrected chi connectivity index (χ0v) is 15.3. The molecule has 0 aliphatic rings. The Balaban J connectivity index is 2.14. The van der Waals surface area contributed by atoms with Crippen molar-refractivity contribution in [3.05, 3.63) is 35.9 Å². The average molecular weight is 320 g/mol. The number of amides is 1. The highest BCUT2D eigenvalue weighted by atomic mass is 16.6. The first-order valence-corrected chi connectivity index (χ1v) is 8.46. The summed E-state index contributed by atoms with van der Waals surface area (Å²) in [5.41, 5.74) is 0.941. The Morgan fingerprint density at radius 3 is 2.52 bits per heavy atom. The van der Waals surface area contributed by atoms with Crippen LogP contribution in [-0.2, 0) is 11.2 Å². The van der Waals surface area contributed by atoms with E-state index in [9.17, 15) is 4.79 Å². The highest BCUT2D eigenvalue weighted by Gasteiger charge is 2.20. The van der Waals surface area contributed by atoms with E-state index >= 15 is 0 Å². The molecule has 1 aromatic carbocycles. The summed E-state index contributed by atoms with van der Waals surface area (Å²) in [6.07, 6.45) is 1.96. The molecule has 0 aliphatic heterocycles. The van der Waals surface area contributed by atoms with Gasteiger partial charge in [-0.1, -0.05) is 37.3 Å². The van der Waals surface area contributed by atoms with Crippen LogP contribution in [0.5, 0.6) is 0 Å². The minimum Gasteiger partial charge on any atom is -0.444 e. The smallest absolute Gasteiger partial charge is 0.410 e. The van der Waals surface area contributed by atoms with Gasteiger partial charge < -0.3 is 15.0 Å². The molecule has 1 aromatic rings. The fourth-order valence-electron chi connectivity index (χ4n) is 2.36. The van der Waals surface area contributed by atoms with Gasteiger partial charge in [0, 0.05) is 13.6 Å². The number of nitrogens with zero attached hydrogens (tertiary/aromatic N) is 1. The largest absolute Gasteiger partial charge is 0.444 e. The lowest BCUT2D eigenvalue weighted by Crippen LogP contribution is -2.38. The van der Waals surface area contributed by atoms with Gasteiger partial charge in [-0.2, -0.15) is 0 Å². The molecule has 130 valence electrons. The summed E-state index contributed by atoms with van der Waals surface area (Å²) in [7, 11) is 1.79. The lowest BCUT2D eigenvalue weighted by molar-refractivity contribution is 0.0277. The Labute approximate surface area is 141 Å². The molecule has 0 heterocycles. The molecule has 0 radical (unpaired) electrons. The Morgan fingerprint density at radius 2 is 1.91 bits per heavy atom. The Morgan fingerprint density at radius 1 is 1.26 bits per heavy atom. The fraction of sp³-hybridized carbons (Fsp3) is 0.632. The average Bonchev–Trinajstić information content (AvgIpc) is 2.46. The zero-order valence-electron chi connectivity index (χ0n) is 15.3. The van der Waals surface area contributed by atoms with Crippen LogP contribution in [0.2, 0.25) is 0 Å². The molecule has 0 saturated heterocycles. The van der Waals surface area contributed by atoms with Crippen LogP contribution in [0, 0.1) is 5.92 Å². The molecule has 1 unspecified atom stereocenters. The SMILES string of the molecule is CC(CNCCCc1ccccc1)CN(C)C(=O)OC(C)(C)C. The second-order valence-corrected chi connectivity index (χ2v) is 7.26. The van der Waals surface area contributed by atoms with Gasteiger partial charge in [-0.25, -0.2) is 4.79 Å². The molecule has 23 heavy (non-hydrogen) atoms. The van der Waals surface area contributed by atoms with Crippen LogP contribution in [0.3, 0.4) is 0 Å². The highest BCUT2D eigenvalue weighted by molar-refractivity contribution is 5.67. The Hall–Kier alpha value is -1.55. The molecule has 0 aromatic heterocycles. The third-order valence-electron chi connectivity index (χ3n) is 3.45. The van der Waals surface area contributed by atoms with E-state index in [4.69, 9.17) is 4.74 Å². The lowest BCUT2D eigenvalue weighted by Gasteiger charge is -2.26. The number of carbonyl (C=O) groups is 1. The van der Waals surface area contributed by atoms with Crippen molar-refractivity contribution in [1.29, 1.82) is 0 Å². The molecule has 4 heteroatoms. The number of carbonyl (C=O) groups excluding carboxylic acids is 1. The maximum atomic E-state index is 11.9. The quantitative estimate of drug-likeness (QED) is 0.742. The van der Waals surface area contributed by atoms with E-state index in [1.54, 1.807) is 11.9 Å². The predicted octanol–water partition coefficient (Wildman–Crippen LogP) is 3.71. The molecule has 0 spiro atoms. The molecule has 4 nitrogen and oxygen atoms in total. The summed E-state index contributed by atoms with van der Waals surface area (Å²) in [6.45, 7) is 10.4. The summed E-state index contributed by atoms with van der Waals surface area (Å²) in [6, 6.07) is 10.5. The number of benzene rings is 1. The highest BCUT2D eigenvalue weighted by Crippen LogP contribution is 2.10. The molecule has 1 amide bonds. The van der Waals surface area contributed by atoms with Crippen molar-refractivity contribution >= 4 is 6.09 Å². The number of nitrogens with one attached hydrogen (secondary N) is 1. The van der Waals surface area contributed by atoms with Crippen molar-refractivity contribution in [2.45, 2.75) is 46.1 Å². The number of aryl methyl sites for hydroxylation is 1. The second kappa shape index (κ2) is 9.56. The van der Waals surface area contributed by atoms with Gasteiger partial charge in [0.05, 0.1) is 0 Å². The third kappa shape index (κ3) is 9.24. The number of ether oxygens (including phenoxy) is 1. The van der Waals surface area contributed by atoms with Crippen molar-refractivity contribution < 1.29 is 9.53 Å². The van der Waals surface area contributed by atoms with Crippen LogP contribution in [0.1, 0.15) is 39.7 Å². The Kier molecular flexibility index (Phi) is 8.10. The molecule has 0 aliphatic carbocycles. The number of hydrogen-bond donors (Lipinski definition) is 1. The molecular formula is C19H32N2O2. The van der Waals surface area contributed by atoms with Crippen LogP contribution >= 0.6 is 0 Å². The maximum Gasteiger partial charge on any atom is 0.410 e. The van der Waals surface area contributed by atoms with Gasteiger partial charge in [0.1, 0.15) is 5.60 Å². The van der Waals surface area contributed by atoms with Gasteiger partial charge in [0.15, 0.2) is 0 Å². The van der Waals surface area contributed by atoms with E-state index in [1.807, 2.05) is 26.8 Å². The third-order valence-corrected chi connectivity index (χ3v) is 3.45. The zero-order chi connectivity index (χ0) is 17.3. The molecule has 0 bridgehead atoms. The summed E-state index contributed by atoms with van der Waals surface area (Å²) in [5, 5.41) is 3.47. The molecule has 1 atom stereocenters. The minimum atomic E-state index is -0.440. The van der Waals surface area contributed by atoms with Crippen molar-refractivity contribution in [2.75, 3.05) is 26.7 Å². The first-order valence-electron chi connectivity index (χ1n) is 8.46. The van der Waals surface area contributed by atoms with Crippen LogP contribution in [0.15, 0.2) is 30.3 Å². The standard InChI is InChI=1S/C19H32N2O2/c1-16(15-21(5)18(22)23-19(2,3)4)14-20-13-9-12-17-10-7-6-8-11-17/h6-8,10-11,16,20H,9,12-15H2,1-5H3. The van der Waals surface area contributed by atoms with Crippen molar-refractivity contribution in [2.24, 2.45) is 5.92 Å². The molecule has 0 saturated carbocycles. The van der Waals surface area contributed by atoms with Gasteiger partial charge in [-0.3, -0.25) is 0 Å². The van der Waals surface area contributed by atoms with Gasteiger partial charge in [-0.15, -0.1) is 0 Å². The number of hydrogen-bond acceptors (Lipinski definition) is 3. The van der Waals surface area contributed by atoms with Gasteiger partial charge in [0.25, 0.3) is 0 Å². The monoisotopic (exact) mass is 320 g/mol. The van der Waals surface area contributed by atoms with E-state index in [0.717, 1.165) is 25.9 Å². The van der Waals surface area contributed by atoms with E-state index in [2.05, 4.69) is 36.5 Å². The summed E-state index contributed by atoms with van der Waals surface area (Å²) < 4.78 is 5.36. The van der Waals surface area contributed by atoms with Crippen LogP contribution in [0.25, 0.3) is 0 Å². The van der Waals surface area contributed by atoms with Gasteiger partial charge in [-0.05, 0) is 58.2 Å². The fourth-order valence-corrected chi connectivity index (χ4v) is 2.36. The molecule has 1 rings (SSSR count). The molecule has 1 N–H and O–H groups in total. The van der Waals surface area contributed by atoms with Gasteiger partial charge >= 0.3 is 6.09 Å². The number of rotatable bonds is 8. The summed E-state index contributed by atoms with van der Waals surface area (Å²) in [4.78, 5) is 13.6. The predicted molar refractivity (Wildman–Crippen MR) is 95.7 cm³/mol. The van der Waals surface area contributed by atoms with Crippen molar-refractivity contribution in [3.63, 3.8) is 0 Å². The van der Waals surface area contributed by atoms with E-state index in [-0.39, 0.29) is 6.09 Å². The second-order valence-electron chi connectivity index (χ2n) is 7.26. The molecular weight excluding hydrogens is 288 g/mol. The summed E-state index contributed by atoms with van der Waals surface area (Å²) >= 11 is 0. The van der Waals surface area contributed by atoms with Crippen LogP contribution < -0.4 is 5.32 Å². The maximum absolute atomic E-state index is 11.9. The minimum absolute atomic E-state index is 0.256. The molecule has 0 fully saturated rings. The van der Waals surface area contributed by atoms with Gasteiger partial charge in [0.2, 0.25) is 0 Å². The topological polar surface area (TPSA) is 41.6 Å². The first-order chi connectivity index (χ1) is 10.8. The van der Waals surface area contributed by atoms with Crippen molar-refractivity contribution in [3.8, 4) is 0 Å².